The number of benzene rings is 2. The fourth-order valence-corrected chi connectivity index (χ4v) is 2.03. The molecule has 0 amide bonds. The van der Waals surface area contributed by atoms with E-state index in [9.17, 15) is 4.79 Å². The minimum absolute atomic E-state index is 0.369. The maximum Gasteiger partial charge on any atom is 0.332 e. The fourth-order valence-electron chi connectivity index (χ4n) is 1.93. The molecule has 2 rings (SSSR count). The van der Waals surface area contributed by atoms with E-state index in [0.29, 0.717) is 6.42 Å². The number of hydrogen-bond acceptors (Lipinski definition) is 2. The lowest BCUT2D eigenvalue weighted by Gasteiger charge is -2.13. The van der Waals surface area contributed by atoms with Crippen molar-refractivity contribution in [3.05, 3.63) is 71.8 Å². The molecule has 2 nitrogen and oxygen atoms in total. The Morgan fingerprint density at radius 1 is 1.00 bits per heavy atom. The second-order valence-corrected chi connectivity index (χ2v) is 4.20. The van der Waals surface area contributed by atoms with Crippen molar-refractivity contribution in [1.29, 1.82) is 0 Å². The topological polar surface area (TPSA) is 26.3 Å². The summed E-state index contributed by atoms with van der Waals surface area (Å²) in [4.78, 5) is 11.8. The highest BCUT2D eigenvalue weighted by atomic mass is 35.5. The first-order valence-corrected chi connectivity index (χ1v) is 6.03. The molecule has 0 radical (unpaired) electrons. The van der Waals surface area contributed by atoms with Gasteiger partial charge in [-0.2, -0.15) is 0 Å². The van der Waals surface area contributed by atoms with E-state index in [1.165, 1.54) is 0 Å². The lowest BCUT2D eigenvalue weighted by molar-refractivity contribution is -0.135. The van der Waals surface area contributed by atoms with Crippen molar-refractivity contribution in [2.75, 3.05) is 0 Å². The Morgan fingerprint density at radius 2 is 1.56 bits per heavy atom. The Bertz CT molecular complexity index is 496. The Balaban J connectivity index is 2.24. The molecule has 18 heavy (non-hydrogen) atoms. The Labute approximate surface area is 111 Å². The molecule has 1 atom stereocenters. The van der Waals surface area contributed by atoms with Crippen LogP contribution in [0.4, 0.5) is 0 Å². The summed E-state index contributed by atoms with van der Waals surface area (Å²) in [6, 6.07) is 19.3. The molecule has 0 aliphatic rings. The highest BCUT2D eigenvalue weighted by Crippen LogP contribution is 2.22. The summed E-state index contributed by atoms with van der Waals surface area (Å²) in [5.74, 6) is -0.794. The average Bonchev–Trinajstić information content (AvgIpc) is 2.46. The molecule has 2 aromatic carbocycles. The Hall–Kier alpha value is -1.80. The maximum atomic E-state index is 11.8. The van der Waals surface area contributed by atoms with Crippen molar-refractivity contribution in [3.63, 3.8) is 0 Å². The molecule has 0 fully saturated rings. The monoisotopic (exact) mass is 260 g/mol. The van der Waals surface area contributed by atoms with E-state index < -0.39 is 5.97 Å². The van der Waals surface area contributed by atoms with Crippen LogP contribution in [-0.4, -0.2) is 5.97 Å². The third-order valence-electron chi connectivity index (χ3n) is 2.85. The second kappa shape index (κ2) is 6.22. The Kier molecular flexibility index (Phi) is 4.37. The first kappa shape index (κ1) is 12.7. The van der Waals surface area contributed by atoms with Gasteiger partial charge in [0.2, 0.25) is 0 Å². The molecule has 0 spiro atoms. The highest BCUT2D eigenvalue weighted by Gasteiger charge is 2.22. The molecule has 3 heteroatoms. The maximum absolute atomic E-state index is 11.8. The minimum atomic E-state index is -0.424. The van der Waals surface area contributed by atoms with Crippen LogP contribution in [0, 0.1) is 0 Å². The molecular formula is C15H13ClO2. The molecule has 0 bridgehead atoms. The van der Waals surface area contributed by atoms with Crippen molar-refractivity contribution < 1.29 is 9.08 Å². The van der Waals surface area contributed by atoms with Crippen molar-refractivity contribution in [1.82, 2.24) is 0 Å². The van der Waals surface area contributed by atoms with Crippen LogP contribution in [0.1, 0.15) is 17.0 Å². The van der Waals surface area contributed by atoms with Gasteiger partial charge in [-0.1, -0.05) is 60.7 Å². The molecule has 0 N–H and O–H groups in total. The Morgan fingerprint density at radius 3 is 2.11 bits per heavy atom. The molecule has 0 aromatic heterocycles. The summed E-state index contributed by atoms with van der Waals surface area (Å²) >= 11 is 5.21. The molecule has 2 aromatic rings. The number of halogens is 1. The van der Waals surface area contributed by atoms with Gasteiger partial charge in [-0.25, -0.2) is 4.79 Å². The molecule has 0 saturated heterocycles. The molecule has 0 aliphatic carbocycles. The lowest BCUT2D eigenvalue weighted by Crippen LogP contribution is -2.15. The van der Waals surface area contributed by atoms with Gasteiger partial charge in [0.25, 0.3) is 0 Å². The summed E-state index contributed by atoms with van der Waals surface area (Å²) in [5.41, 5.74) is 1.99. The van der Waals surface area contributed by atoms with Gasteiger partial charge < -0.3 is 4.29 Å². The van der Waals surface area contributed by atoms with Gasteiger partial charge in [-0.3, -0.25) is 0 Å². The normalized spacial score (nSPS) is 11.8. The van der Waals surface area contributed by atoms with Crippen LogP contribution in [0.15, 0.2) is 60.7 Å². The zero-order valence-corrected chi connectivity index (χ0v) is 10.5. The van der Waals surface area contributed by atoms with Gasteiger partial charge in [0.1, 0.15) is 11.9 Å². The third kappa shape index (κ3) is 3.11. The van der Waals surface area contributed by atoms with Gasteiger partial charge in [0, 0.05) is 0 Å². The van der Waals surface area contributed by atoms with E-state index in [0.717, 1.165) is 11.1 Å². The summed E-state index contributed by atoms with van der Waals surface area (Å²) in [6.07, 6.45) is 0.580. The summed E-state index contributed by atoms with van der Waals surface area (Å²) in [5, 5.41) is 0. The standard InChI is InChI=1S/C15H13ClO2/c16-18-15(17)14(13-9-5-2-6-10-13)11-12-7-3-1-4-8-12/h1-10,14H,11H2. The van der Waals surface area contributed by atoms with Crippen molar-refractivity contribution in [3.8, 4) is 0 Å². The minimum Gasteiger partial charge on any atom is -0.347 e. The van der Waals surface area contributed by atoms with E-state index in [4.69, 9.17) is 11.9 Å². The van der Waals surface area contributed by atoms with Crippen molar-refractivity contribution in [2.45, 2.75) is 12.3 Å². The van der Waals surface area contributed by atoms with Gasteiger partial charge >= 0.3 is 5.97 Å². The molecule has 0 heterocycles. The van der Waals surface area contributed by atoms with E-state index in [1.54, 1.807) is 0 Å². The van der Waals surface area contributed by atoms with E-state index in [1.807, 2.05) is 60.7 Å². The van der Waals surface area contributed by atoms with Crippen LogP contribution in [0.2, 0.25) is 0 Å². The predicted molar refractivity (Wildman–Crippen MR) is 71.3 cm³/mol. The molecular weight excluding hydrogens is 248 g/mol. The van der Waals surface area contributed by atoms with Crippen LogP contribution in [0.5, 0.6) is 0 Å². The lowest BCUT2D eigenvalue weighted by atomic mass is 9.92. The van der Waals surface area contributed by atoms with E-state index in [-0.39, 0.29) is 5.92 Å². The fraction of sp³-hybridized carbons (Fsp3) is 0.133. The van der Waals surface area contributed by atoms with Crippen LogP contribution in [0.25, 0.3) is 0 Å². The van der Waals surface area contributed by atoms with Crippen LogP contribution in [-0.2, 0) is 15.5 Å². The zero-order chi connectivity index (χ0) is 12.8. The van der Waals surface area contributed by atoms with Crippen molar-refractivity contribution in [2.24, 2.45) is 0 Å². The SMILES string of the molecule is O=C(OCl)C(Cc1ccccc1)c1ccccc1. The summed E-state index contributed by atoms with van der Waals surface area (Å²) in [6.45, 7) is 0. The summed E-state index contributed by atoms with van der Waals surface area (Å²) < 4.78 is 4.37. The second-order valence-electron chi connectivity index (χ2n) is 4.05. The van der Waals surface area contributed by atoms with Crippen molar-refractivity contribution >= 4 is 17.8 Å². The number of hydrogen-bond donors (Lipinski definition) is 0. The number of carbonyl (C=O) groups excluding carboxylic acids is 1. The number of rotatable bonds is 4. The summed E-state index contributed by atoms with van der Waals surface area (Å²) in [7, 11) is 0. The van der Waals surface area contributed by atoms with Crippen LogP contribution >= 0.6 is 11.9 Å². The number of carbonyl (C=O) groups is 1. The van der Waals surface area contributed by atoms with Gasteiger partial charge in [-0.15, -0.1) is 0 Å². The third-order valence-corrected chi connectivity index (χ3v) is 3.00. The first-order chi connectivity index (χ1) is 8.81. The van der Waals surface area contributed by atoms with Gasteiger partial charge in [0.05, 0.1) is 5.92 Å². The predicted octanol–water partition coefficient (Wildman–Crippen LogP) is 3.71. The molecule has 92 valence electrons. The van der Waals surface area contributed by atoms with Crippen LogP contribution in [0.3, 0.4) is 0 Å². The van der Waals surface area contributed by atoms with Crippen LogP contribution < -0.4 is 0 Å². The largest absolute Gasteiger partial charge is 0.347 e. The highest BCUT2D eigenvalue weighted by molar-refractivity contribution is 6.13. The van der Waals surface area contributed by atoms with E-state index >= 15 is 0 Å². The quantitative estimate of drug-likeness (QED) is 0.838. The zero-order valence-electron chi connectivity index (χ0n) is 9.75. The van der Waals surface area contributed by atoms with E-state index in [2.05, 4.69) is 4.29 Å². The average molecular weight is 261 g/mol. The molecule has 1 unspecified atom stereocenters. The molecule has 0 aliphatic heterocycles. The molecule has 0 saturated carbocycles. The van der Waals surface area contributed by atoms with Gasteiger partial charge in [-0.05, 0) is 17.5 Å². The van der Waals surface area contributed by atoms with Gasteiger partial charge in [0.15, 0.2) is 0 Å². The smallest absolute Gasteiger partial charge is 0.332 e. The first-order valence-electron chi connectivity index (χ1n) is 5.72.